The largest absolute Gasteiger partial charge is 0.373 e. The Balaban J connectivity index is 1.71. The molecule has 0 aromatic heterocycles. The summed E-state index contributed by atoms with van der Waals surface area (Å²) >= 11 is 0. The molecular formula is C18H18N2O2. The average molecular weight is 294 g/mol. The number of carbonyl (C=O) groups excluding carboxylic acids is 2. The van der Waals surface area contributed by atoms with E-state index in [0.29, 0.717) is 6.54 Å². The number of aryl methyl sites for hydroxylation is 1. The van der Waals surface area contributed by atoms with E-state index >= 15 is 0 Å². The highest BCUT2D eigenvalue weighted by Gasteiger charge is 2.38. The molecule has 112 valence electrons. The number of nitrogens with one attached hydrogen (secondary N) is 1. The van der Waals surface area contributed by atoms with Crippen molar-refractivity contribution in [3.05, 3.63) is 65.7 Å². The van der Waals surface area contributed by atoms with Crippen LogP contribution in [0.25, 0.3) is 0 Å². The second kappa shape index (κ2) is 6.02. The van der Waals surface area contributed by atoms with Crippen molar-refractivity contribution in [2.75, 3.05) is 5.32 Å². The Morgan fingerprint density at radius 2 is 1.86 bits per heavy atom. The molecule has 0 unspecified atom stereocenters. The fourth-order valence-electron chi connectivity index (χ4n) is 2.66. The minimum Gasteiger partial charge on any atom is -0.373 e. The summed E-state index contributed by atoms with van der Waals surface area (Å²) in [6.07, 6.45) is 0.208. The predicted octanol–water partition coefficient (Wildman–Crippen LogP) is 2.73. The third-order valence-electron chi connectivity index (χ3n) is 3.79. The predicted molar refractivity (Wildman–Crippen MR) is 85.2 cm³/mol. The lowest BCUT2D eigenvalue weighted by molar-refractivity contribution is -0.139. The molecule has 2 amide bonds. The first-order chi connectivity index (χ1) is 10.6. The topological polar surface area (TPSA) is 49.4 Å². The minimum absolute atomic E-state index is 0.126. The standard InChI is InChI=1S/C18H18N2O2/c1-13-6-5-9-15(10-13)19-16-11-17(21)20(18(16)22)12-14-7-3-2-4-8-14/h2-10,16,19H,11-12H2,1H3/t16-/m1/s1. The summed E-state index contributed by atoms with van der Waals surface area (Å²) in [5.74, 6) is -0.283. The van der Waals surface area contributed by atoms with Crippen LogP contribution < -0.4 is 5.32 Å². The minimum atomic E-state index is -0.474. The van der Waals surface area contributed by atoms with Crippen molar-refractivity contribution < 1.29 is 9.59 Å². The van der Waals surface area contributed by atoms with Gasteiger partial charge in [-0.05, 0) is 30.2 Å². The molecule has 1 aliphatic heterocycles. The fraction of sp³-hybridized carbons (Fsp3) is 0.222. The molecule has 1 aliphatic rings. The molecule has 0 radical (unpaired) electrons. The van der Waals surface area contributed by atoms with Crippen LogP contribution in [-0.2, 0) is 16.1 Å². The van der Waals surface area contributed by atoms with Gasteiger partial charge < -0.3 is 5.32 Å². The molecule has 4 heteroatoms. The number of hydrogen-bond donors (Lipinski definition) is 1. The highest BCUT2D eigenvalue weighted by atomic mass is 16.2. The number of hydrogen-bond acceptors (Lipinski definition) is 3. The maximum Gasteiger partial charge on any atom is 0.252 e. The van der Waals surface area contributed by atoms with Crippen LogP contribution in [0.4, 0.5) is 5.69 Å². The molecule has 1 fully saturated rings. The normalized spacial score (nSPS) is 17.9. The van der Waals surface area contributed by atoms with Gasteiger partial charge in [0, 0.05) is 5.69 Å². The lowest BCUT2D eigenvalue weighted by Crippen LogP contribution is -2.34. The number of benzene rings is 2. The van der Waals surface area contributed by atoms with Crippen LogP contribution in [0.3, 0.4) is 0 Å². The number of imide groups is 1. The van der Waals surface area contributed by atoms with Crippen molar-refractivity contribution in [2.45, 2.75) is 25.9 Å². The molecule has 1 N–H and O–H groups in total. The zero-order chi connectivity index (χ0) is 15.5. The Morgan fingerprint density at radius 1 is 1.09 bits per heavy atom. The third kappa shape index (κ3) is 3.01. The van der Waals surface area contributed by atoms with E-state index < -0.39 is 6.04 Å². The number of carbonyl (C=O) groups is 2. The zero-order valence-electron chi connectivity index (χ0n) is 12.5. The van der Waals surface area contributed by atoms with Gasteiger partial charge in [0.05, 0.1) is 13.0 Å². The first-order valence-electron chi connectivity index (χ1n) is 7.35. The molecule has 0 bridgehead atoms. The van der Waals surface area contributed by atoms with Crippen LogP contribution in [-0.4, -0.2) is 22.8 Å². The molecule has 2 aromatic rings. The Hall–Kier alpha value is -2.62. The Labute approximate surface area is 129 Å². The highest BCUT2D eigenvalue weighted by molar-refractivity contribution is 6.06. The number of anilines is 1. The molecule has 1 atom stereocenters. The smallest absolute Gasteiger partial charge is 0.252 e. The molecule has 1 heterocycles. The van der Waals surface area contributed by atoms with Gasteiger partial charge in [0.25, 0.3) is 5.91 Å². The van der Waals surface area contributed by atoms with E-state index in [1.54, 1.807) is 0 Å². The van der Waals surface area contributed by atoms with Gasteiger partial charge in [0.15, 0.2) is 0 Å². The number of nitrogens with zero attached hydrogens (tertiary/aromatic N) is 1. The number of amides is 2. The van der Waals surface area contributed by atoms with E-state index in [9.17, 15) is 9.59 Å². The van der Waals surface area contributed by atoms with E-state index in [4.69, 9.17) is 0 Å². The van der Waals surface area contributed by atoms with E-state index in [1.165, 1.54) is 4.90 Å². The molecule has 0 aliphatic carbocycles. The van der Waals surface area contributed by atoms with E-state index in [1.807, 2.05) is 61.5 Å². The van der Waals surface area contributed by atoms with Crippen molar-refractivity contribution in [2.24, 2.45) is 0 Å². The summed E-state index contributed by atoms with van der Waals surface area (Å²) in [4.78, 5) is 25.9. The molecule has 2 aromatic carbocycles. The van der Waals surface area contributed by atoms with Crippen LogP contribution in [0, 0.1) is 6.92 Å². The van der Waals surface area contributed by atoms with Crippen LogP contribution in [0.15, 0.2) is 54.6 Å². The van der Waals surface area contributed by atoms with Gasteiger partial charge in [-0.1, -0.05) is 42.5 Å². The van der Waals surface area contributed by atoms with Crippen molar-refractivity contribution >= 4 is 17.5 Å². The molecule has 3 rings (SSSR count). The third-order valence-corrected chi connectivity index (χ3v) is 3.79. The maximum absolute atomic E-state index is 12.5. The van der Waals surface area contributed by atoms with Crippen LogP contribution >= 0.6 is 0 Å². The maximum atomic E-state index is 12.5. The van der Waals surface area contributed by atoms with Gasteiger partial charge in [0.2, 0.25) is 5.91 Å². The Kier molecular flexibility index (Phi) is 3.92. The molecule has 22 heavy (non-hydrogen) atoms. The van der Waals surface area contributed by atoms with Gasteiger partial charge in [-0.15, -0.1) is 0 Å². The first-order valence-corrected chi connectivity index (χ1v) is 7.35. The quantitative estimate of drug-likeness (QED) is 0.882. The summed E-state index contributed by atoms with van der Waals surface area (Å²) in [6.45, 7) is 2.33. The summed E-state index contributed by atoms with van der Waals surface area (Å²) in [5, 5.41) is 3.17. The van der Waals surface area contributed by atoms with Gasteiger partial charge in [-0.2, -0.15) is 0 Å². The van der Waals surface area contributed by atoms with E-state index in [0.717, 1.165) is 16.8 Å². The Bertz CT molecular complexity index is 697. The summed E-state index contributed by atoms with van der Waals surface area (Å²) in [7, 11) is 0. The lowest BCUT2D eigenvalue weighted by Gasteiger charge is -2.16. The van der Waals surface area contributed by atoms with Crippen molar-refractivity contribution in [3.63, 3.8) is 0 Å². The second-order valence-electron chi connectivity index (χ2n) is 5.57. The zero-order valence-corrected chi connectivity index (χ0v) is 12.5. The van der Waals surface area contributed by atoms with Crippen molar-refractivity contribution in [3.8, 4) is 0 Å². The van der Waals surface area contributed by atoms with Gasteiger partial charge >= 0.3 is 0 Å². The number of rotatable bonds is 4. The summed E-state index contributed by atoms with van der Waals surface area (Å²) in [5.41, 5.74) is 2.94. The molecule has 0 saturated carbocycles. The van der Waals surface area contributed by atoms with Crippen molar-refractivity contribution in [1.29, 1.82) is 0 Å². The van der Waals surface area contributed by atoms with Crippen LogP contribution in [0.5, 0.6) is 0 Å². The SMILES string of the molecule is Cc1cccc(N[C@@H]2CC(=O)N(Cc3ccccc3)C2=O)c1. The summed E-state index contributed by atoms with van der Waals surface area (Å²) in [6, 6.07) is 16.9. The highest BCUT2D eigenvalue weighted by Crippen LogP contribution is 2.21. The number of likely N-dealkylation sites (tertiary alicyclic amines) is 1. The van der Waals surface area contributed by atoms with Gasteiger partial charge in [0.1, 0.15) is 6.04 Å². The fourth-order valence-corrected chi connectivity index (χ4v) is 2.66. The molecule has 1 saturated heterocycles. The first kappa shape index (κ1) is 14.3. The van der Waals surface area contributed by atoms with Crippen molar-refractivity contribution in [1.82, 2.24) is 4.90 Å². The lowest BCUT2D eigenvalue weighted by atomic mass is 10.2. The van der Waals surface area contributed by atoms with E-state index in [-0.39, 0.29) is 18.2 Å². The monoisotopic (exact) mass is 294 g/mol. The van der Waals surface area contributed by atoms with Crippen LogP contribution in [0.1, 0.15) is 17.5 Å². The Morgan fingerprint density at radius 3 is 2.59 bits per heavy atom. The summed E-state index contributed by atoms with van der Waals surface area (Å²) < 4.78 is 0. The van der Waals surface area contributed by atoms with Gasteiger partial charge in [-0.25, -0.2) is 0 Å². The second-order valence-corrected chi connectivity index (χ2v) is 5.57. The van der Waals surface area contributed by atoms with E-state index in [2.05, 4.69) is 5.32 Å². The molecular weight excluding hydrogens is 276 g/mol. The van der Waals surface area contributed by atoms with Crippen LogP contribution in [0.2, 0.25) is 0 Å². The molecule has 4 nitrogen and oxygen atoms in total. The van der Waals surface area contributed by atoms with Gasteiger partial charge in [-0.3, -0.25) is 14.5 Å². The average Bonchev–Trinajstić information content (AvgIpc) is 2.76. The molecule has 0 spiro atoms.